The van der Waals surface area contributed by atoms with Crippen molar-refractivity contribution in [2.24, 2.45) is 5.92 Å². The van der Waals surface area contributed by atoms with Crippen molar-refractivity contribution < 1.29 is 14.7 Å². The first-order chi connectivity index (χ1) is 19.4. The number of benzene rings is 3. The van der Waals surface area contributed by atoms with Crippen LogP contribution in [0.3, 0.4) is 0 Å². The van der Waals surface area contributed by atoms with E-state index in [0.29, 0.717) is 19.3 Å². The number of β-amino-alcohol motifs (C(OH)–C–C–N with tert-alkyl or cyclic N) is 1. The molecule has 208 valence electrons. The maximum Gasteiger partial charge on any atom is 0.243 e. The summed E-state index contributed by atoms with van der Waals surface area (Å²) < 4.78 is 0. The molecular formula is C34H39N3O3. The highest BCUT2D eigenvalue weighted by Crippen LogP contribution is 2.37. The van der Waals surface area contributed by atoms with Crippen LogP contribution >= 0.6 is 0 Å². The molecule has 40 heavy (non-hydrogen) atoms. The molecule has 0 spiro atoms. The first-order valence-corrected chi connectivity index (χ1v) is 14.2. The number of likely N-dealkylation sites (tertiary alicyclic amines) is 1. The Bertz CT molecular complexity index is 1250. The zero-order valence-corrected chi connectivity index (χ0v) is 23.4. The maximum atomic E-state index is 13.5. The number of rotatable bonds is 11. The summed E-state index contributed by atoms with van der Waals surface area (Å²) in [6.45, 7) is 4.28. The minimum absolute atomic E-state index is 0.125. The van der Waals surface area contributed by atoms with Gasteiger partial charge in [0, 0.05) is 19.4 Å². The number of nitriles is 1. The summed E-state index contributed by atoms with van der Waals surface area (Å²) in [5.41, 5.74) is 2.29. The highest BCUT2D eigenvalue weighted by Gasteiger charge is 2.40. The topological polar surface area (TPSA) is 93.4 Å². The second-order valence-electron chi connectivity index (χ2n) is 11.0. The van der Waals surface area contributed by atoms with Crippen LogP contribution in [-0.2, 0) is 15.0 Å². The summed E-state index contributed by atoms with van der Waals surface area (Å²) in [6, 6.07) is 30.8. The van der Waals surface area contributed by atoms with Gasteiger partial charge in [-0.15, -0.1) is 0 Å². The van der Waals surface area contributed by atoms with Crippen LogP contribution in [0.1, 0.15) is 68.7 Å². The van der Waals surface area contributed by atoms with Crippen molar-refractivity contribution in [3.05, 3.63) is 108 Å². The van der Waals surface area contributed by atoms with Crippen LogP contribution in [0.25, 0.3) is 0 Å². The molecule has 1 fully saturated rings. The number of aliphatic hydroxyl groups excluding tert-OH is 1. The van der Waals surface area contributed by atoms with Gasteiger partial charge in [-0.25, -0.2) is 0 Å². The SMILES string of the molecule is CC(C)[C@@](C#N)(CCCCC(=O)N1C[C@@H](O)C[C@H]1C(=O)NC(c1ccccc1)c1ccccc1)c1ccccc1. The van der Waals surface area contributed by atoms with Crippen LogP contribution in [0.5, 0.6) is 0 Å². The van der Waals surface area contributed by atoms with E-state index in [1.165, 1.54) is 4.90 Å². The van der Waals surface area contributed by atoms with E-state index in [0.717, 1.165) is 16.7 Å². The molecule has 3 atom stereocenters. The van der Waals surface area contributed by atoms with Crippen LogP contribution in [-0.4, -0.2) is 40.5 Å². The van der Waals surface area contributed by atoms with E-state index in [1.807, 2.05) is 91.0 Å². The molecule has 4 rings (SSSR count). The summed E-state index contributed by atoms with van der Waals surface area (Å²) in [7, 11) is 0. The Labute approximate surface area is 237 Å². The zero-order valence-electron chi connectivity index (χ0n) is 23.4. The molecule has 0 unspecified atom stereocenters. The van der Waals surface area contributed by atoms with Crippen LogP contribution in [0.2, 0.25) is 0 Å². The number of aliphatic hydroxyl groups is 1. The maximum absolute atomic E-state index is 13.5. The molecule has 1 saturated heterocycles. The molecule has 3 aromatic carbocycles. The molecule has 0 saturated carbocycles. The van der Waals surface area contributed by atoms with Crippen molar-refractivity contribution >= 4 is 11.8 Å². The molecule has 0 bridgehead atoms. The number of carbonyl (C=O) groups excluding carboxylic acids is 2. The minimum atomic E-state index is -0.739. The molecule has 0 aliphatic carbocycles. The van der Waals surface area contributed by atoms with Gasteiger partial charge < -0.3 is 15.3 Å². The van der Waals surface area contributed by atoms with Crippen molar-refractivity contribution in [2.75, 3.05) is 6.54 Å². The normalized spacial score (nSPS) is 18.4. The predicted molar refractivity (Wildman–Crippen MR) is 156 cm³/mol. The fourth-order valence-electron chi connectivity index (χ4n) is 5.80. The number of nitrogens with one attached hydrogen (secondary N) is 1. The Morgan fingerprint density at radius 1 is 0.950 bits per heavy atom. The van der Waals surface area contributed by atoms with Gasteiger partial charge in [-0.1, -0.05) is 111 Å². The lowest BCUT2D eigenvalue weighted by Gasteiger charge is -2.31. The van der Waals surface area contributed by atoms with E-state index in [4.69, 9.17) is 0 Å². The summed E-state index contributed by atoms with van der Waals surface area (Å²) in [5, 5.41) is 23.7. The monoisotopic (exact) mass is 537 g/mol. The van der Waals surface area contributed by atoms with Gasteiger partial charge in [0.15, 0.2) is 0 Å². The number of hydrogen-bond acceptors (Lipinski definition) is 4. The summed E-state index contributed by atoms with van der Waals surface area (Å²) in [4.78, 5) is 28.4. The number of carbonyl (C=O) groups is 2. The van der Waals surface area contributed by atoms with Crippen LogP contribution in [0.4, 0.5) is 0 Å². The van der Waals surface area contributed by atoms with Crippen molar-refractivity contribution in [3.8, 4) is 6.07 Å². The molecule has 0 radical (unpaired) electrons. The summed E-state index contributed by atoms with van der Waals surface area (Å²) in [5.74, 6) is -0.283. The fraction of sp³-hybridized carbons (Fsp3) is 0.382. The molecule has 1 aliphatic heterocycles. The molecule has 3 aromatic rings. The Kier molecular flexibility index (Phi) is 9.74. The Morgan fingerprint density at radius 3 is 2.02 bits per heavy atom. The molecule has 6 heteroatoms. The molecule has 2 N–H and O–H groups in total. The third kappa shape index (κ3) is 6.60. The highest BCUT2D eigenvalue weighted by atomic mass is 16.3. The van der Waals surface area contributed by atoms with E-state index in [2.05, 4.69) is 25.2 Å². The van der Waals surface area contributed by atoms with Crippen LogP contribution in [0.15, 0.2) is 91.0 Å². The number of hydrogen-bond donors (Lipinski definition) is 2. The van der Waals surface area contributed by atoms with Crippen molar-refractivity contribution in [3.63, 3.8) is 0 Å². The zero-order chi connectivity index (χ0) is 28.5. The average molecular weight is 538 g/mol. The van der Waals surface area contributed by atoms with E-state index < -0.39 is 17.6 Å². The first-order valence-electron chi connectivity index (χ1n) is 14.2. The second kappa shape index (κ2) is 13.4. The molecule has 0 aromatic heterocycles. The number of amides is 2. The van der Waals surface area contributed by atoms with Gasteiger partial charge in [0.25, 0.3) is 0 Å². The van der Waals surface area contributed by atoms with E-state index in [-0.39, 0.29) is 43.2 Å². The van der Waals surface area contributed by atoms with Gasteiger partial charge in [-0.3, -0.25) is 9.59 Å². The quantitative estimate of drug-likeness (QED) is 0.315. The minimum Gasteiger partial charge on any atom is -0.391 e. The van der Waals surface area contributed by atoms with Crippen molar-refractivity contribution in [1.82, 2.24) is 10.2 Å². The first kappa shape index (κ1) is 29.0. The third-order valence-electron chi connectivity index (χ3n) is 8.14. The van der Waals surface area contributed by atoms with Gasteiger partial charge in [0.1, 0.15) is 6.04 Å². The number of nitrogens with zero attached hydrogens (tertiary/aromatic N) is 2. The van der Waals surface area contributed by atoms with Gasteiger partial charge in [-0.05, 0) is 35.4 Å². The molecular weight excluding hydrogens is 498 g/mol. The summed E-state index contributed by atoms with van der Waals surface area (Å²) in [6.07, 6.45) is 1.72. The summed E-state index contributed by atoms with van der Waals surface area (Å²) >= 11 is 0. The van der Waals surface area contributed by atoms with E-state index in [9.17, 15) is 20.0 Å². The van der Waals surface area contributed by atoms with Crippen molar-refractivity contribution in [2.45, 2.75) is 69.6 Å². The van der Waals surface area contributed by atoms with Crippen molar-refractivity contribution in [1.29, 1.82) is 5.26 Å². The third-order valence-corrected chi connectivity index (χ3v) is 8.14. The average Bonchev–Trinajstić information content (AvgIpc) is 3.39. The van der Waals surface area contributed by atoms with Gasteiger partial charge in [-0.2, -0.15) is 5.26 Å². The van der Waals surface area contributed by atoms with Gasteiger partial charge in [0.05, 0.1) is 23.6 Å². The lowest BCUT2D eigenvalue weighted by Crippen LogP contribution is -2.47. The number of unbranched alkanes of at least 4 members (excludes halogenated alkanes) is 1. The largest absolute Gasteiger partial charge is 0.391 e. The molecule has 6 nitrogen and oxygen atoms in total. The predicted octanol–water partition coefficient (Wildman–Crippen LogP) is 5.53. The molecule has 2 amide bonds. The Balaban J connectivity index is 1.40. The van der Waals surface area contributed by atoms with Gasteiger partial charge >= 0.3 is 0 Å². The standard InChI is InChI=1S/C34H39N3O3/c1-25(2)34(24-35,28-18-10-5-11-19-28)21-13-12-20-31(39)37-23-29(38)22-30(37)33(40)36-32(26-14-6-3-7-15-26)27-16-8-4-9-17-27/h3-11,14-19,25,29-30,32,38H,12-13,20-23H2,1-2H3,(H,36,40)/t29-,30-,34-/m0/s1. The van der Waals surface area contributed by atoms with E-state index >= 15 is 0 Å². The van der Waals surface area contributed by atoms with E-state index in [1.54, 1.807) is 0 Å². The Hall–Kier alpha value is -3.95. The van der Waals surface area contributed by atoms with Crippen LogP contribution < -0.4 is 5.32 Å². The molecule has 1 aliphatic rings. The highest BCUT2D eigenvalue weighted by molar-refractivity contribution is 5.89. The lowest BCUT2D eigenvalue weighted by atomic mass is 9.69. The molecule has 1 heterocycles. The second-order valence-corrected chi connectivity index (χ2v) is 11.0. The smallest absolute Gasteiger partial charge is 0.243 e. The fourth-order valence-corrected chi connectivity index (χ4v) is 5.80. The Morgan fingerprint density at radius 2 is 1.50 bits per heavy atom. The van der Waals surface area contributed by atoms with Crippen LogP contribution in [0, 0.1) is 17.2 Å². The lowest BCUT2D eigenvalue weighted by molar-refractivity contribution is -0.138. The van der Waals surface area contributed by atoms with Gasteiger partial charge in [0.2, 0.25) is 11.8 Å².